The number of aryl methyl sites for hydroxylation is 1. The van der Waals surface area contributed by atoms with Crippen molar-refractivity contribution in [3.8, 4) is 0 Å². The maximum Gasteiger partial charge on any atom is 0.337 e. The molecule has 0 N–H and O–H groups in total. The Morgan fingerprint density at radius 1 is 1.32 bits per heavy atom. The first-order chi connectivity index (χ1) is 12.1. The predicted molar refractivity (Wildman–Crippen MR) is 99.2 cm³/mol. The summed E-state index contributed by atoms with van der Waals surface area (Å²) >= 11 is 3.53. The van der Waals surface area contributed by atoms with E-state index in [9.17, 15) is 4.79 Å². The van der Waals surface area contributed by atoms with Gasteiger partial charge in [0.15, 0.2) is 0 Å². The maximum atomic E-state index is 11.7. The standard InChI is InChI=1S/C18H19BrN2O4/c1-12-3-4-13(18(22)23-2)9-16(12)20-11-14-10-15(19)17(25-14)21-5-7-24-8-6-21/h3-4,9-11H,5-8H2,1-2H3. The minimum Gasteiger partial charge on any atom is -0.465 e. The Bertz CT molecular complexity index is 794. The molecule has 1 fully saturated rings. The molecule has 0 unspecified atom stereocenters. The second-order valence-corrected chi connectivity index (χ2v) is 6.51. The lowest BCUT2D eigenvalue weighted by atomic mass is 10.1. The number of anilines is 1. The first-order valence-electron chi connectivity index (χ1n) is 7.93. The van der Waals surface area contributed by atoms with Crippen molar-refractivity contribution in [1.29, 1.82) is 0 Å². The average Bonchev–Trinajstić information content (AvgIpc) is 3.02. The van der Waals surface area contributed by atoms with Gasteiger partial charge in [0.05, 0.1) is 42.3 Å². The van der Waals surface area contributed by atoms with Gasteiger partial charge in [0.2, 0.25) is 5.88 Å². The van der Waals surface area contributed by atoms with Crippen molar-refractivity contribution >= 4 is 39.7 Å². The van der Waals surface area contributed by atoms with Crippen LogP contribution in [0, 0.1) is 6.92 Å². The molecule has 2 aromatic rings. The van der Waals surface area contributed by atoms with Crippen LogP contribution >= 0.6 is 15.9 Å². The number of nitrogens with zero attached hydrogens (tertiary/aromatic N) is 2. The normalized spacial score (nSPS) is 14.9. The fourth-order valence-electron chi connectivity index (χ4n) is 2.55. The Balaban J connectivity index is 1.81. The van der Waals surface area contributed by atoms with Gasteiger partial charge < -0.3 is 18.8 Å². The number of hydrogen-bond acceptors (Lipinski definition) is 6. The van der Waals surface area contributed by atoms with Crippen LogP contribution in [0.4, 0.5) is 11.6 Å². The summed E-state index contributed by atoms with van der Waals surface area (Å²) in [5.74, 6) is 1.04. The molecule has 0 amide bonds. The molecule has 1 aromatic heterocycles. The van der Waals surface area contributed by atoms with Crippen molar-refractivity contribution in [1.82, 2.24) is 0 Å². The highest BCUT2D eigenvalue weighted by molar-refractivity contribution is 9.10. The van der Waals surface area contributed by atoms with E-state index < -0.39 is 0 Å². The number of carbonyl (C=O) groups is 1. The smallest absolute Gasteiger partial charge is 0.337 e. The van der Waals surface area contributed by atoms with Gasteiger partial charge in [-0.1, -0.05) is 6.07 Å². The van der Waals surface area contributed by atoms with Gasteiger partial charge >= 0.3 is 5.97 Å². The SMILES string of the molecule is COC(=O)c1ccc(C)c(N=Cc2cc(Br)c(N3CCOCC3)o2)c1. The van der Waals surface area contributed by atoms with Gasteiger partial charge in [0.1, 0.15) is 5.76 Å². The lowest BCUT2D eigenvalue weighted by Crippen LogP contribution is -2.36. The molecule has 3 rings (SSSR count). The number of aliphatic imine (C=N–C) groups is 1. The molecule has 25 heavy (non-hydrogen) atoms. The summed E-state index contributed by atoms with van der Waals surface area (Å²) in [4.78, 5) is 18.3. The van der Waals surface area contributed by atoms with Crippen LogP contribution in [-0.4, -0.2) is 45.6 Å². The molecule has 6 nitrogen and oxygen atoms in total. The van der Waals surface area contributed by atoms with E-state index in [1.165, 1.54) is 7.11 Å². The Kier molecular flexibility index (Phi) is 5.55. The fraction of sp³-hybridized carbons (Fsp3) is 0.333. The zero-order chi connectivity index (χ0) is 17.8. The van der Waals surface area contributed by atoms with E-state index >= 15 is 0 Å². The van der Waals surface area contributed by atoms with E-state index in [1.54, 1.807) is 18.3 Å². The minimum atomic E-state index is -0.383. The van der Waals surface area contributed by atoms with Crippen LogP contribution in [0.2, 0.25) is 0 Å². The molecule has 0 aliphatic carbocycles. The molecule has 1 saturated heterocycles. The lowest BCUT2D eigenvalue weighted by molar-refractivity contribution is 0.0601. The van der Waals surface area contributed by atoms with E-state index in [-0.39, 0.29) is 5.97 Å². The minimum absolute atomic E-state index is 0.383. The summed E-state index contributed by atoms with van der Waals surface area (Å²) in [5, 5.41) is 0. The molecule has 0 saturated carbocycles. The second kappa shape index (κ2) is 7.84. The number of benzene rings is 1. The van der Waals surface area contributed by atoms with Crippen molar-refractivity contribution in [2.24, 2.45) is 4.99 Å². The largest absolute Gasteiger partial charge is 0.465 e. The third-order valence-corrected chi connectivity index (χ3v) is 4.52. The third-order valence-electron chi connectivity index (χ3n) is 3.95. The highest BCUT2D eigenvalue weighted by Crippen LogP contribution is 2.30. The van der Waals surface area contributed by atoms with Crippen LogP contribution in [0.25, 0.3) is 0 Å². The van der Waals surface area contributed by atoms with Gasteiger partial charge in [0, 0.05) is 19.2 Å². The third kappa shape index (κ3) is 4.11. The topological polar surface area (TPSA) is 64.3 Å². The molecule has 0 radical (unpaired) electrons. The summed E-state index contributed by atoms with van der Waals surface area (Å²) in [7, 11) is 1.36. The predicted octanol–water partition coefficient (Wildman–Crippen LogP) is 3.72. The number of esters is 1. The van der Waals surface area contributed by atoms with Crippen molar-refractivity contribution < 1.29 is 18.7 Å². The van der Waals surface area contributed by atoms with Crippen LogP contribution in [-0.2, 0) is 9.47 Å². The molecule has 132 valence electrons. The number of methoxy groups -OCH3 is 1. The summed E-state index contributed by atoms with van der Waals surface area (Å²) in [5.41, 5.74) is 2.13. The Hall–Kier alpha value is -2.12. The Morgan fingerprint density at radius 3 is 2.80 bits per heavy atom. The second-order valence-electron chi connectivity index (χ2n) is 5.65. The molecule has 0 bridgehead atoms. The average molecular weight is 407 g/mol. The van der Waals surface area contributed by atoms with Crippen molar-refractivity contribution in [3.63, 3.8) is 0 Å². The van der Waals surface area contributed by atoms with E-state index in [0.717, 1.165) is 29.0 Å². The summed E-state index contributed by atoms with van der Waals surface area (Å²) in [6.45, 7) is 4.91. The first-order valence-corrected chi connectivity index (χ1v) is 8.73. The zero-order valence-corrected chi connectivity index (χ0v) is 15.7. The highest BCUT2D eigenvalue weighted by atomic mass is 79.9. The number of ether oxygens (including phenoxy) is 2. The van der Waals surface area contributed by atoms with Gasteiger partial charge in [0.25, 0.3) is 0 Å². The van der Waals surface area contributed by atoms with Crippen LogP contribution < -0.4 is 4.90 Å². The first kappa shape index (κ1) is 17.7. The molecule has 2 heterocycles. The number of halogens is 1. The van der Waals surface area contributed by atoms with Gasteiger partial charge in [-0.2, -0.15) is 0 Å². The number of rotatable bonds is 4. The van der Waals surface area contributed by atoms with Crippen molar-refractivity contribution in [2.45, 2.75) is 6.92 Å². The molecule has 1 aliphatic heterocycles. The monoisotopic (exact) mass is 406 g/mol. The lowest BCUT2D eigenvalue weighted by Gasteiger charge is -2.26. The molecular formula is C18H19BrN2O4. The van der Waals surface area contributed by atoms with Crippen LogP contribution in [0.1, 0.15) is 21.7 Å². The van der Waals surface area contributed by atoms with E-state index in [0.29, 0.717) is 30.2 Å². The maximum absolute atomic E-state index is 11.7. The Morgan fingerprint density at radius 2 is 2.08 bits per heavy atom. The summed E-state index contributed by atoms with van der Waals surface area (Å²) < 4.78 is 16.9. The van der Waals surface area contributed by atoms with Gasteiger partial charge in [-0.05, 0) is 40.5 Å². The van der Waals surface area contributed by atoms with E-state index in [1.807, 2.05) is 19.1 Å². The Labute approximate surface area is 154 Å². The summed E-state index contributed by atoms with van der Waals surface area (Å²) in [6, 6.07) is 7.16. The van der Waals surface area contributed by atoms with Crippen molar-refractivity contribution in [3.05, 3.63) is 45.6 Å². The van der Waals surface area contributed by atoms with Gasteiger partial charge in [-0.15, -0.1) is 0 Å². The van der Waals surface area contributed by atoms with Gasteiger partial charge in [-0.3, -0.25) is 4.99 Å². The van der Waals surface area contributed by atoms with Gasteiger partial charge in [-0.25, -0.2) is 4.79 Å². The fourth-order valence-corrected chi connectivity index (χ4v) is 3.11. The number of carbonyl (C=O) groups excluding carboxylic acids is 1. The number of morpholine rings is 1. The zero-order valence-electron chi connectivity index (χ0n) is 14.1. The summed E-state index contributed by atoms with van der Waals surface area (Å²) in [6.07, 6.45) is 1.65. The number of hydrogen-bond donors (Lipinski definition) is 0. The van der Waals surface area contributed by atoms with Crippen molar-refractivity contribution in [2.75, 3.05) is 38.3 Å². The number of furan rings is 1. The quantitative estimate of drug-likeness (QED) is 0.571. The highest BCUT2D eigenvalue weighted by Gasteiger charge is 2.18. The van der Waals surface area contributed by atoms with Crippen LogP contribution in [0.5, 0.6) is 0 Å². The molecular weight excluding hydrogens is 388 g/mol. The van der Waals surface area contributed by atoms with Crippen LogP contribution in [0.3, 0.4) is 0 Å². The van der Waals surface area contributed by atoms with E-state index in [2.05, 4.69) is 25.8 Å². The molecule has 1 aromatic carbocycles. The van der Waals surface area contributed by atoms with Crippen LogP contribution in [0.15, 0.2) is 38.1 Å². The molecule has 7 heteroatoms. The van der Waals surface area contributed by atoms with E-state index in [4.69, 9.17) is 13.9 Å². The molecule has 0 atom stereocenters. The molecule has 0 spiro atoms. The molecule has 1 aliphatic rings.